The molecule has 0 aliphatic heterocycles. The molecule has 1 aliphatic carbocycles. The van der Waals surface area contributed by atoms with Crippen molar-refractivity contribution in [3.63, 3.8) is 0 Å². The average molecular weight is 233 g/mol. The van der Waals surface area contributed by atoms with Gasteiger partial charge in [0, 0.05) is 37.4 Å². The van der Waals surface area contributed by atoms with Crippen LogP contribution < -0.4 is 5.73 Å². The Balaban J connectivity index is 1.72. The van der Waals surface area contributed by atoms with Crippen LogP contribution in [0.4, 0.5) is 0 Å². The summed E-state index contributed by atoms with van der Waals surface area (Å²) in [5.41, 5.74) is 7.27. The quantitative estimate of drug-likeness (QED) is 0.841. The van der Waals surface area contributed by atoms with E-state index < -0.39 is 0 Å². The minimum absolute atomic E-state index is 0.423. The van der Waals surface area contributed by atoms with Gasteiger partial charge < -0.3 is 10.6 Å². The van der Waals surface area contributed by atoms with Gasteiger partial charge in [0.2, 0.25) is 0 Å². The predicted octanol–water partition coefficient (Wildman–Crippen LogP) is 1.68. The second kappa shape index (κ2) is 6.12. The molecule has 94 valence electrons. The van der Waals surface area contributed by atoms with Crippen molar-refractivity contribution < 1.29 is 0 Å². The molecule has 1 heterocycles. The summed E-state index contributed by atoms with van der Waals surface area (Å²) >= 11 is 0. The molecular weight excluding hydrogens is 210 g/mol. The number of hydrogen-bond acceptors (Lipinski definition) is 3. The van der Waals surface area contributed by atoms with Crippen molar-refractivity contribution in [2.45, 2.75) is 31.7 Å². The second-order valence-electron chi connectivity index (χ2n) is 5.19. The maximum atomic E-state index is 6.10. The van der Waals surface area contributed by atoms with Gasteiger partial charge in [0.25, 0.3) is 0 Å². The van der Waals surface area contributed by atoms with Gasteiger partial charge in [-0.1, -0.05) is 12.5 Å². The molecule has 1 saturated carbocycles. The number of hydrogen-bond donors (Lipinski definition) is 1. The summed E-state index contributed by atoms with van der Waals surface area (Å²) in [5, 5.41) is 0. The first-order valence-electron chi connectivity index (χ1n) is 6.60. The number of rotatable bonds is 5. The van der Waals surface area contributed by atoms with Gasteiger partial charge in [0.05, 0.1) is 0 Å². The number of pyridine rings is 1. The van der Waals surface area contributed by atoms with Gasteiger partial charge in [-0.2, -0.15) is 0 Å². The molecule has 1 aromatic rings. The van der Waals surface area contributed by atoms with E-state index in [9.17, 15) is 0 Å². The highest BCUT2D eigenvalue weighted by molar-refractivity contribution is 5.03. The number of nitrogens with zero attached hydrogens (tertiary/aromatic N) is 2. The molecule has 2 atom stereocenters. The highest BCUT2D eigenvalue weighted by Gasteiger charge is 2.24. The summed E-state index contributed by atoms with van der Waals surface area (Å²) in [6.07, 6.45) is 6.70. The van der Waals surface area contributed by atoms with Crippen LogP contribution in [0.15, 0.2) is 24.4 Å². The van der Waals surface area contributed by atoms with Crippen LogP contribution in [-0.4, -0.2) is 36.1 Å². The van der Waals surface area contributed by atoms with Crippen LogP contribution >= 0.6 is 0 Å². The topological polar surface area (TPSA) is 42.2 Å². The molecule has 2 N–H and O–H groups in total. The summed E-state index contributed by atoms with van der Waals surface area (Å²) < 4.78 is 0. The molecular formula is C14H23N3. The molecule has 0 saturated heterocycles. The summed E-state index contributed by atoms with van der Waals surface area (Å²) in [6, 6.07) is 6.53. The molecule has 0 spiro atoms. The second-order valence-corrected chi connectivity index (χ2v) is 5.19. The van der Waals surface area contributed by atoms with E-state index in [2.05, 4.69) is 29.1 Å². The fraction of sp³-hybridized carbons (Fsp3) is 0.643. The predicted molar refractivity (Wildman–Crippen MR) is 70.8 cm³/mol. The van der Waals surface area contributed by atoms with Gasteiger partial charge in [-0.3, -0.25) is 4.98 Å². The molecule has 1 aromatic heterocycles. The monoisotopic (exact) mass is 233 g/mol. The average Bonchev–Trinajstić information content (AvgIpc) is 2.74. The minimum atomic E-state index is 0.423. The van der Waals surface area contributed by atoms with Crippen LogP contribution in [0.3, 0.4) is 0 Å². The Kier molecular flexibility index (Phi) is 4.51. The smallest absolute Gasteiger partial charge is 0.0416 e. The lowest BCUT2D eigenvalue weighted by Crippen LogP contribution is -2.35. The van der Waals surface area contributed by atoms with Gasteiger partial charge in [0.1, 0.15) is 0 Å². The summed E-state index contributed by atoms with van der Waals surface area (Å²) in [5.74, 6) is 0.698. The highest BCUT2D eigenvalue weighted by atomic mass is 15.1. The first kappa shape index (κ1) is 12.5. The summed E-state index contributed by atoms with van der Waals surface area (Å²) in [6.45, 7) is 2.20. The van der Waals surface area contributed by atoms with Gasteiger partial charge >= 0.3 is 0 Å². The molecule has 3 nitrogen and oxygen atoms in total. The van der Waals surface area contributed by atoms with E-state index >= 15 is 0 Å². The largest absolute Gasteiger partial charge is 0.327 e. The Hall–Kier alpha value is -0.930. The van der Waals surface area contributed by atoms with Crippen molar-refractivity contribution in [1.82, 2.24) is 9.88 Å². The molecule has 1 fully saturated rings. The van der Waals surface area contributed by atoms with Gasteiger partial charge in [-0.05, 0) is 37.9 Å². The van der Waals surface area contributed by atoms with Gasteiger partial charge in [0.15, 0.2) is 0 Å². The van der Waals surface area contributed by atoms with E-state index in [1.165, 1.54) is 25.0 Å². The number of nitrogens with two attached hydrogens (primary N) is 1. The zero-order valence-electron chi connectivity index (χ0n) is 10.7. The zero-order chi connectivity index (χ0) is 12.1. The third-order valence-corrected chi connectivity index (χ3v) is 3.74. The third kappa shape index (κ3) is 3.79. The standard InChI is InChI=1S/C14H23N3/c1-17(11-12-5-4-7-14(12)15)10-8-13-6-2-3-9-16-13/h2-3,6,9,12,14H,4-5,7-8,10-11,15H2,1H3. The fourth-order valence-corrected chi connectivity index (χ4v) is 2.64. The lowest BCUT2D eigenvalue weighted by Gasteiger charge is -2.23. The Labute approximate surface area is 104 Å². The Morgan fingerprint density at radius 3 is 2.94 bits per heavy atom. The first-order chi connectivity index (χ1) is 8.25. The minimum Gasteiger partial charge on any atom is -0.327 e. The molecule has 2 rings (SSSR count). The fourth-order valence-electron chi connectivity index (χ4n) is 2.64. The van der Waals surface area contributed by atoms with Crippen molar-refractivity contribution in [2.24, 2.45) is 11.7 Å². The van der Waals surface area contributed by atoms with Gasteiger partial charge in [-0.15, -0.1) is 0 Å². The normalized spacial score (nSPS) is 24.4. The van der Waals surface area contributed by atoms with E-state index in [1.54, 1.807) is 0 Å². The molecule has 2 unspecified atom stereocenters. The van der Waals surface area contributed by atoms with E-state index in [0.29, 0.717) is 12.0 Å². The highest BCUT2D eigenvalue weighted by Crippen LogP contribution is 2.24. The van der Waals surface area contributed by atoms with Crippen molar-refractivity contribution in [1.29, 1.82) is 0 Å². The summed E-state index contributed by atoms with van der Waals surface area (Å²) in [4.78, 5) is 6.74. The van der Waals surface area contributed by atoms with E-state index in [4.69, 9.17) is 5.73 Å². The molecule has 0 bridgehead atoms. The lowest BCUT2D eigenvalue weighted by molar-refractivity contribution is 0.268. The van der Waals surface area contributed by atoms with Crippen molar-refractivity contribution in [2.75, 3.05) is 20.1 Å². The number of likely N-dealkylation sites (N-methyl/N-ethyl adjacent to an activating group) is 1. The Morgan fingerprint density at radius 1 is 1.41 bits per heavy atom. The Bertz CT molecular complexity index is 325. The van der Waals surface area contributed by atoms with Crippen LogP contribution in [0.2, 0.25) is 0 Å². The molecule has 0 aromatic carbocycles. The maximum absolute atomic E-state index is 6.10. The summed E-state index contributed by atoms with van der Waals surface area (Å²) in [7, 11) is 2.19. The van der Waals surface area contributed by atoms with E-state index in [0.717, 1.165) is 19.5 Å². The van der Waals surface area contributed by atoms with Crippen molar-refractivity contribution in [3.05, 3.63) is 30.1 Å². The maximum Gasteiger partial charge on any atom is 0.0416 e. The molecule has 0 amide bonds. The molecule has 17 heavy (non-hydrogen) atoms. The zero-order valence-corrected chi connectivity index (χ0v) is 10.7. The van der Waals surface area contributed by atoms with E-state index in [-0.39, 0.29) is 0 Å². The van der Waals surface area contributed by atoms with Crippen LogP contribution in [0.25, 0.3) is 0 Å². The van der Waals surface area contributed by atoms with Crippen LogP contribution in [0.1, 0.15) is 25.0 Å². The van der Waals surface area contributed by atoms with Crippen LogP contribution in [0.5, 0.6) is 0 Å². The van der Waals surface area contributed by atoms with Crippen molar-refractivity contribution in [3.8, 4) is 0 Å². The molecule has 1 aliphatic rings. The Morgan fingerprint density at radius 2 is 2.29 bits per heavy atom. The third-order valence-electron chi connectivity index (χ3n) is 3.74. The molecule has 0 radical (unpaired) electrons. The van der Waals surface area contributed by atoms with Crippen LogP contribution in [0, 0.1) is 5.92 Å². The molecule has 3 heteroatoms. The first-order valence-corrected chi connectivity index (χ1v) is 6.60. The number of aromatic nitrogens is 1. The lowest BCUT2D eigenvalue weighted by atomic mass is 10.0. The van der Waals surface area contributed by atoms with Crippen LogP contribution in [-0.2, 0) is 6.42 Å². The van der Waals surface area contributed by atoms with Crippen molar-refractivity contribution >= 4 is 0 Å². The SMILES string of the molecule is CN(CCc1ccccn1)CC1CCCC1N. The van der Waals surface area contributed by atoms with Gasteiger partial charge in [-0.25, -0.2) is 0 Å². The van der Waals surface area contributed by atoms with E-state index in [1.807, 2.05) is 12.3 Å².